The molecule has 2 N–H and O–H groups in total. The quantitative estimate of drug-likeness (QED) is 0.364. The van der Waals surface area contributed by atoms with Gasteiger partial charge in [-0.25, -0.2) is 4.79 Å². The molecule has 0 radical (unpaired) electrons. The number of carbonyl (C=O) groups excluding carboxylic acids is 2. The van der Waals surface area contributed by atoms with Gasteiger partial charge in [-0.15, -0.1) is 0 Å². The third-order valence-electron chi connectivity index (χ3n) is 5.01. The van der Waals surface area contributed by atoms with E-state index in [1.165, 1.54) is 23.1 Å². The second kappa shape index (κ2) is 8.24. The van der Waals surface area contributed by atoms with E-state index in [2.05, 4.69) is 5.32 Å². The van der Waals surface area contributed by atoms with Crippen molar-refractivity contribution in [1.82, 2.24) is 9.88 Å². The lowest BCUT2D eigenvalue weighted by molar-refractivity contribution is -0.122. The molecule has 1 aliphatic rings. The number of rotatable bonds is 4. The van der Waals surface area contributed by atoms with E-state index in [0.29, 0.717) is 17.1 Å². The summed E-state index contributed by atoms with van der Waals surface area (Å²) in [5.74, 6) is -2.17. The van der Waals surface area contributed by atoms with Crippen LogP contribution in [0, 0.1) is 13.8 Å². The molecule has 8 heteroatoms. The smallest absolute Gasteiger partial charge is 0.335 e. The van der Waals surface area contributed by atoms with Crippen LogP contribution in [0.1, 0.15) is 27.2 Å². The van der Waals surface area contributed by atoms with Crippen molar-refractivity contribution in [2.75, 3.05) is 4.90 Å². The molecule has 2 heterocycles. The average molecular weight is 446 g/mol. The zero-order chi connectivity index (χ0) is 23.0. The number of nitrogens with one attached hydrogen (secondary N) is 1. The molecule has 1 saturated heterocycles. The standard InChI is InChI=1S/C24H19N3O4S/c1-14-9-15(2)11-19(10-14)27-22(29)20(21(28)25-24(27)32)13-18-7-4-8-26(18)17-6-3-5-16(12-17)23(30)31/h3-13H,1-2H3,(H,30,31)(H,25,28,32)/b20-13+. The largest absolute Gasteiger partial charge is 0.478 e. The van der Waals surface area contributed by atoms with Crippen LogP contribution >= 0.6 is 12.2 Å². The van der Waals surface area contributed by atoms with Gasteiger partial charge in [0.25, 0.3) is 11.8 Å². The van der Waals surface area contributed by atoms with Crippen molar-refractivity contribution in [3.63, 3.8) is 0 Å². The van der Waals surface area contributed by atoms with Crippen LogP contribution in [0.3, 0.4) is 0 Å². The molecule has 0 saturated carbocycles. The highest BCUT2D eigenvalue weighted by Gasteiger charge is 2.34. The minimum Gasteiger partial charge on any atom is -0.478 e. The van der Waals surface area contributed by atoms with E-state index >= 15 is 0 Å². The van der Waals surface area contributed by atoms with Gasteiger partial charge in [0.15, 0.2) is 5.11 Å². The van der Waals surface area contributed by atoms with Crippen LogP contribution in [0.15, 0.2) is 66.4 Å². The minimum atomic E-state index is -1.04. The maximum Gasteiger partial charge on any atom is 0.335 e. The van der Waals surface area contributed by atoms with Crippen molar-refractivity contribution >= 4 is 46.9 Å². The van der Waals surface area contributed by atoms with E-state index in [1.54, 1.807) is 35.0 Å². The Balaban J connectivity index is 1.76. The Morgan fingerprint density at radius 2 is 1.72 bits per heavy atom. The normalized spacial score (nSPS) is 15.2. The molecule has 0 atom stereocenters. The number of carboxylic acid groups (broad SMARTS) is 1. The van der Waals surface area contributed by atoms with E-state index in [9.17, 15) is 19.5 Å². The Hall–Kier alpha value is -4.04. The molecule has 32 heavy (non-hydrogen) atoms. The Morgan fingerprint density at radius 1 is 1.00 bits per heavy atom. The molecule has 7 nitrogen and oxygen atoms in total. The number of carbonyl (C=O) groups is 3. The minimum absolute atomic E-state index is 0.0201. The lowest BCUT2D eigenvalue weighted by Crippen LogP contribution is -2.54. The number of amides is 2. The van der Waals surface area contributed by atoms with Crippen molar-refractivity contribution < 1.29 is 19.5 Å². The molecule has 0 unspecified atom stereocenters. The predicted octanol–water partition coefficient (Wildman–Crippen LogP) is 3.62. The maximum atomic E-state index is 13.3. The van der Waals surface area contributed by atoms with Gasteiger partial charge in [-0.3, -0.25) is 19.8 Å². The summed E-state index contributed by atoms with van der Waals surface area (Å²) in [4.78, 5) is 38.6. The van der Waals surface area contributed by atoms with Crippen LogP contribution in [-0.2, 0) is 9.59 Å². The molecule has 160 valence electrons. The summed E-state index contributed by atoms with van der Waals surface area (Å²) in [7, 11) is 0. The van der Waals surface area contributed by atoms with Crippen LogP contribution < -0.4 is 10.2 Å². The van der Waals surface area contributed by atoms with Crippen molar-refractivity contribution in [2.24, 2.45) is 0 Å². The first kappa shape index (κ1) is 21.2. The lowest BCUT2D eigenvalue weighted by atomic mass is 10.1. The second-order valence-corrected chi connectivity index (χ2v) is 7.85. The van der Waals surface area contributed by atoms with E-state index in [1.807, 2.05) is 32.0 Å². The zero-order valence-electron chi connectivity index (χ0n) is 17.3. The predicted molar refractivity (Wildman–Crippen MR) is 125 cm³/mol. The average Bonchev–Trinajstić information content (AvgIpc) is 3.18. The Bertz CT molecular complexity index is 1300. The van der Waals surface area contributed by atoms with Crippen LogP contribution in [0.5, 0.6) is 0 Å². The summed E-state index contributed by atoms with van der Waals surface area (Å²) < 4.78 is 1.70. The van der Waals surface area contributed by atoms with Crippen molar-refractivity contribution in [3.05, 3.63) is 88.8 Å². The fraction of sp³-hybridized carbons (Fsp3) is 0.0833. The van der Waals surface area contributed by atoms with Gasteiger partial charge in [0.2, 0.25) is 0 Å². The fourth-order valence-corrected chi connectivity index (χ4v) is 3.94. The van der Waals surface area contributed by atoms with Crippen molar-refractivity contribution in [2.45, 2.75) is 13.8 Å². The molecule has 0 aliphatic carbocycles. The van der Waals surface area contributed by atoms with Crippen LogP contribution in [0.25, 0.3) is 11.8 Å². The number of aromatic carboxylic acids is 1. The molecule has 4 rings (SSSR count). The fourth-order valence-electron chi connectivity index (χ4n) is 3.66. The number of aromatic nitrogens is 1. The molecule has 2 amide bonds. The molecule has 1 aliphatic heterocycles. The van der Waals surface area contributed by atoms with Crippen LogP contribution in [0.2, 0.25) is 0 Å². The summed E-state index contributed by atoms with van der Waals surface area (Å²) in [6.45, 7) is 3.84. The van der Waals surface area contributed by atoms with Gasteiger partial charge in [0.05, 0.1) is 11.3 Å². The summed E-state index contributed by atoms with van der Waals surface area (Å²) in [6, 6.07) is 15.5. The molecule has 0 spiro atoms. The molecular formula is C24H19N3O4S. The number of nitrogens with zero attached hydrogens (tertiary/aromatic N) is 2. The highest BCUT2D eigenvalue weighted by atomic mass is 32.1. The number of benzene rings is 2. The number of aryl methyl sites for hydroxylation is 2. The number of hydrogen-bond donors (Lipinski definition) is 2. The Morgan fingerprint density at radius 3 is 2.41 bits per heavy atom. The monoisotopic (exact) mass is 445 g/mol. The summed E-state index contributed by atoms with van der Waals surface area (Å²) >= 11 is 5.28. The van der Waals surface area contributed by atoms with E-state index in [-0.39, 0.29) is 16.2 Å². The van der Waals surface area contributed by atoms with E-state index in [0.717, 1.165) is 11.1 Å². The maximum absolute atomic E-state index is 13.3. The highest BCUT2D eigenvalue weighted by Crippen LogP contribution is 2.25. The van der Waals surface area contributed by atoms with E-state index < -0.39 is 17.8 Å². The molecule has 3 aromatic rings. The van der Waals surface area contributed by atoms with Gasteiger partial charge in [0.1, 0.15) is 5.57 Å². The molecular weight excluding hydrogens is 426 g/mol. The number of anilines is 1. The number of thiocarbonyl (C=S) groups is 1. The van der Waals surface area contributed by atoms with Gasteiger partial charge in [0, 0.05) is 17.6 Å². The summed E-state index contributed by atoms with van der Waals surface area (Å²) in [5, 5.41) is 11.9. The summed E-state index contributed by atoms with van der Waals surface area (Å²) in [6.07, 6.45) is 3.20. The molecule has 1 fully saturated rings. The zero-order valence-corrected chi connectivity index (χ0v) is 18.1. The van der Waals surface area contributed by atoms with Gasteiger partial charge in [-0.2, -0.15) is 0 Å². The second-order valence-electron chi connectivity index (χ2n) is 7.46. The first-order chi connectivity index (χ1) is 15.2. The Labute approximate surface area is 189 Å². The van der Waals surface area contributed by atoms with E-state index in [4.69, 9.17) is 12.2 Å². The van der Waals surface area contributed by atoms with Gasteiger partial charge in [-0.05, 0) is 85.7 Å². The van der Waals surface area contributed by atoms with Crippen molar-refractivity contribution in [3.8, 4) is 5.69 Å². The van der Waals surface area contributed by atoms with Crippen LogP contribution in [0.4, 0.5) is 5.69 Å². The highest BCUT2D eigenvalue weighted by molar-refractivity contribution is 7.80. The first-order valence-electron chi connectivity index (χ1n) is 9.75. The molecule has 1 aromatic heterocycles. The van der Waals surface area contributed by atoms with Gasteiger partial charge < -0.3 is 9.67 Å². The van der Waals surface area contributed by atoms with Gasteiger partial charge >= 0.3 is 5.97 Å². The third-order valence-corrected chi connectivity index (χ3v) is 5.29. The lowest BCUT2D eigenvalue weighted by Gasteiger charge is -2.29. The third kappa shape index (κ3) is 3.95. The Kier molecular flexibility index (Phi) is 5.46. The molecule has 0 bridgehead atoms. The van der Waals surface area contributed by atoms with Crippen LogP contribution in [-0.4, -0.2) is 32.6 Å². The first-order valence-corrected chi connectivity index (χ1v) is 10.2. The topological polar surface area (TPSA) is 91.6 Å². The SMILES string of the molecule is Cc1cc(C)cc(N2C(=O)/C(=C/c3cccn3-c3cccc(C(=O)O)c3)C(=O)NC2=S)c1. The molecule has 2 aromatic carbocycles. The summed E-state index contributed by atoms with van der Waals surface area (Å²) in [5.41, 5.74) is 3.69. The number of hydrogen-bond acceptors (Lipinski definition) is 4. The van der Waals surface area contributed by atoms with Crippen molar-refractivity contribution in [1.29, 1.82) is 0 Å². The number of carboxylic acids is 1. The van der Waals surface area contributed by atoms with Gasteiger partial charge in [-0.1, -0.05) is 12.1 Å².